The third-order valence-corrected chi connectivity index (χ3v) is 7.45. The Morgan fingerprint density at radius 3 is 2.18 bits per heavy atom. The third-order valence-electron chi connectivity index (χ3n) is 7.45. The second-order valence-corrected chi connectivity index (χ2v) is 9.60. The van der Waals surface area contributed by atoms with Gasteiger partial charge in [0, 0.05) is 45.1 Å². The Morgan fingerprint density at radius 1 is 0.526 bits per heavy atom. The second kappa shape index (κ2) is 8.15. The topological polar surface area (TPSA) is 46.5 Å². The van der Waals surface area contributed by atoms with E-state index >= 15 is 0 Å². The van der Waals surface area contributed by atoms with Crippen LogP contribution in [0, 0.1) is 0 Å². The SMILES string of the molecule is c1ccc(-n2c3ccccc3c3cc(-c4ccnc(-c5nccc6c5[nH]c5ccccc56)c4)ccc32)cc1. The van der Waals surface area contributed by atoms with Crippen LogP contribution in [0.25, 0.3) is 71.8 Å². The van der Waals surface area contributed by atoms with E-state index in [9.17, 15) is 0 Å². The van der Waals surface area contributed by atoms with Crippen LogP contribution >= 0.6 is 0 Å². The van der Waals surface area contributed by atoms with Gasteiger partial charge >= 0.3 is 0 Å². The van der Waals surface area contributed by atoms with Crippen LogP contribution in [0.5, 0.6) is 0 Å². The number of pyridine rings is 2. The van der Waals surface area contributed by atoms with Crippen molar-refractivity contribution in [3.05, 3.63) is 128 Å². The van der Waals surface area contributed by atoms with Crippen molar-refractivity contribution in [2.45, 2.75) is 0 Å². The molecule has 0 spiro atoms. The molecule has 4 heterocycles. The number of H-pyrrole nitrogens is 1. The molecule has 0 saturated heterocycles. The number of fused-ring (bicyclic) bond motifs is 6. The summed E-state index contributed by atoms with van der Waals surface area (Å²) in [6, 6.07) is 40.6. The first-order chi connectivity index (χ1) is 18.8. The lowest BCUT2D eigenvalue weighted by molar-refractivity contribution is 1.18. The molecular formula is C34H22N4. The molecule has 0 aliphatic heterocycles. The summed E-state index contributed by atoms with van der Waals surface area (Å²) in [5.41, 5.74) is 9.66. The van der Waals surface area contributed by atoms with Gasteiger partial charge in [0.15, 0.2) is 0 Å². The molecule has 0 atom stereocenters. The minimum Gasteiger partial charge on any atom is -0.353 e. The van der Waals surface area contributed by atoms with Crippen molar-refractivity contribution in [2.75, 3.05) is 0 Å². The van der Waals surface area contributed by atoms with Crippen LogP contribution in [-0.2, 0) is 0 Å². The Bertz CT molecular complexity index is 2130. The van der Waals surface area contributed by atoms with E-state index in [1.807, 2.05) is 12.4 Å². The van der Waals surface area contributed by atoms with Crippen molar-refractivity contribution in [1.82, 2.24) is 19.5 Å². The zero-order valence-corrected chi connectivity index (χ0v) is 20.5. The molecule has 0 aliphatic rings. The summed E-state index contributed by atoms with van der Waals surface area (Å²) in [5.74, 6) is 0. The zero-order chi connectivity index (χ0) is 25.1. The molecule has 0 radical (unpaired) electrons. The molecule has 0 amide bonds. The summed E-state index contributed by atoms with van der Waals surface area (Å²) in [5, 5.41) is 4.83. The largest absolute Gasteiger partial charge is 0.353 e. The summed E-state index contributed by atoms with van der Waals surface area (Å²) in [6.07, 6.45) is 3.75. The second-order valence-electron chi connectivity index (χ2n) is 9.60. The average molecular weight is 487 g/mol. The van der Waals surface area contributed by atoms with Gasteiger partial charge in [0.05, 0.1) is 22.2 Å². The quantitative estimate of drug-likeness (QED) is 0.272. The predicted molar refractivity (Wildman–Crippen MR) is 157 cm³/mol. The molecule has 0 saturated carbocycles. The lowest BCUT2D eigenvalue weighted by Crippen LogP contribution is -1.93. The first-order valence-electron chi connectivity index (χ1n) is 12.8. The van der Waals surface area contributed by atoms with Gasteiger partial charge in [0.25, 0.3) is 0 Å². The number of aromatic amines is 1. The normalized spacial score (nSPS) is 11.7. The van der Waals surface area contributed by atoms with Crippen LogP contribution in [0.15, 0.2) is 128 Å². The van der Waals surface area contributed by atoms with E-state index < -0.39 is 0 Å². The molecule has 178 valence electrons. The number of hydrogen-bond acceptors (Lipinski definition) is 2. The highest BCUT2D eigenvalue weighted by Crippen LogP contribution is 2.36. The van der Waals surface area contributed by atoms with Gasteiger partial charge in [-0.15, -0.1) is 0 Å². The molecule has 1 N–H and O–H groups in total. The molecule has 4 aromatic carbocycles. The van der Waals surface area contributed by atoms with E-state index in [-0.39, 0.29) is 0 Å². The number of aromatic nitrogens is 4. The minimum absolute atomic E-state index is 0.853. The molecule has 0 fully saturated rings. The zero-order valence-electron chi connectivity index (χ0n) is 20.5. The Balaban J connectivity index is 1.31. The maximum absolute atomic E-state index is 4.74. The van der Waals surface area contributed by atoms with Crippen molar-refractivity contribution < 1.29 is 0 Å². The third kappa shape index (κ3) is 3.10. The van der Waals surface area contributed by atoms with E-state index in [4.69, 9.17) is 9.97 Å². The van der Waals surface area contributed by atoms with E-state index in [0.29, 0.717) is 0 Å². The highest BCUT2D eigenvalue weighted by molar-refractivity contribution is 6.12. The van der Waals surface area contributed by atoms with E-state index in [1.54, 1.807) is 0 Å². The maximum atomic E-state index is 4.74. The molecule has 0 unspecified atom stereocenters. The Kier molecular flexibility index (Phi) is 4.49. The molecule has 4 aromatic heterocycles. The summed E-state index contributed by atoms with van der Waals surface area (Å²) in [7, 11) is 0. The maximum Gasteiger partial charge on any atom is 0.113 e. The molecule has 38 heavy (non-hydrogen) atoms. The number of para-hydroxylation sites is 3. The molecule has 4 nitrogen and oxygen atoms in total. The first kappa shape index (κ1) is 20.9. The van der Waals surface area contributed by atoms with E-state index in [1.165, 1.54) is 27.2 Å². The Morgan fingerprint density at radius 2 is 1.26 bits per heavy atom. The van der Waals surface area contributed by atoms with E-state index in [2.05, 4.69) is 125 Å². The van der Waals surface area contributed by atoms with Gasteiger partial charge in [-0.05, 0) is 65.7 Å². The Hall–Kier alpha value is -5.22. The molecule has 8 rings (SSSR count). The van der Waals surface area contributed by atoms with Crippen LogP contribution in [0.3, 0.4) is 0 Å². The van der Waals surface area contributed by atoms with Crippen molar-refractivity contribution >= 4 is 43.6 Å². The number of nitrogens with zero attached hydrogens (tertiary/aromatic N) is 3. The van der Waals surface area contributed by atoms with Gasteiger partial charge in [-0.1, -0.05) is 60.7 Å². The van der Waals surface area contributed by atoms with Gasteiger partial charge in [-0.2, -0.15) is 0 Å². The fraction of sp³-hybridized carbons (Fsp3) is 0. The molecule has 0 bridgehead atoms. The molecule has 0 aliphatic carbocycles. The lowest BCUT2D eigenvalue weighted by Gasteiger charge is -2.09. The van der Waals surface area contributed by atoms with Gasteiger partial charge in [0.1, 0.15) is 5.69 Å². The predicted octanol–water partition coefficient (Wildman–Crippen LogP) is 8.54. The standard InChI is InChI=1S/C34H22N4/c1-2-8-24(9-3-1)38-31-13-7-5-11-26(31)28-20-22(14-15-32(28)38)23-16-18-35-30(21-23)34-33-27(17-19-36-34)25-10-4-6-12-29(25)37-33/h1-21,37H. The van der Waals surface area contributed by atoms with Crippen molar-refractivity contribution in [2.24, 2.45) is 0 Å². The van der Waals surface area contributed by atoms with Gasteiger partial charge in [-0.25, -0.2) is 0 Å². The van der Waals surface area contributed by atoms with Gasteiger partial charge in [0.2, 0.25) is 0 Å². The molecule has 8 aromatic rings. The van der Waals surface area contributed by atoms with E-state index in [0.717, 1.165) is 44.6 Å². The van der Waals surface area contributed by atoms with Crippen molar-refractivity contribution in [3.63, 3.8) is 0 Å². The average Bonchev–Trinajstić information content (AvgIpc) is 3.53. The number of hydrogen-bond donors (Lipinski definition) is 1. The molecule has 4 heteroatoms. The van der Waals surface area contributed by atoms with Crippen LogP contribution < -0.4 is 0 Å². The lowest BCUT2D eigenvalue weighted by atomic mass is 10.0. The monoisotopic (exact) mass is 486 g/mol. The molecular weight excluding hydrogens is 464 g/mol. The van der Waals surface area contributed by atoms with Crippen LogP contribution in [-0.4, -0.2) is 19.5 Å². The van der Waals surface area contributed by atoms with Gasteiger partial charge in [-0.3, -0.25) is 9.97 Å². The van der Waals surface area contributed by atoms with Crippen molar-refractivity contribution in [1.29, 1.82) is 0 Å². The first-order valence-corrected chi connectivity index (χ1v) is 12.8. The number of benzene rings is 4. The minimum atomic E-state index is 0.853. The van der Waals surface area contributed by atoms with Crippen LogP contribution in [0.2, 0.25) is 0 Å². The van der Waals surface area contributed by atoms with Crippen LogP contribution in [0.4, 0.5) is 0 Å². The fourth-order valence-electron chi connectivity index (χ4n) is 5.72. The highest BCUT2D eigenvalue weighted by atomic mass is 15.0. The van der Waals surface area contributed by atoms with Gasteiger partial charge < -0.3 is 9.55 Å². The summed E-state index contributed by atoms with van der Waals surface area (Å²) < 4.78 is 2.34. The number of nitrogens with one attached hydrogen (secondary N) is 1. The summed E-state index contributed by atoms with van der Waals surface area (Å²) >= 11 is 0. The number of rotatable bonds is 3. The summed E-state index contributed by atoms with van der Waals surface area (Å²) in [6.45, 7) is 0. The Labute approximate surface area is 218 Å². The highest BCUT2D eigenvalue weighted by Gasteiger charge is 2.15. The van der Waals surface area contributed by atoms with Crippen LogP contribution in [0.1, 0.15) is 0 Å². The van der Waals surface area contributed by atoms with Crippen molar-refractivity contribution in [3.8, 4) is 28.2 Å². The summed E-state index contributed by atoms with van der Waals surface area (Å²) in [4.78, 5) is 13.0. The fourth-order valence-corrected chi connectivity index (χ4v) is 5.72. The smallest absolute Gasteiger partial charge is 0.113 e.